The molecule has 1 aromatic rings. The number of hydrogen-bond acceptors (Lipinski definition) is 3. The summed E-state index contributed by atoms with van der Waals surface area (Å²) < 4.78 is 19.5. The maximum atomic E-state index is 12.0. The zero-order valence-corrected chi connectivity index (χ0v) is 11.7. The molecule has 17 heavy (non-hydrogen) atoms. The molecule has 1 aliphatic carbocycles. The molecule has 0 bridgehead atoms. The number of hydrogen-bond donors (Lipinski definition) is 0. The van der Waals surface area contributed by atoms with Crippen molar-refractivity contribution in [3.05, 3.63) is 35.4 Å². The lowest BCUT2D eigenvalue weighted by atomic mass is 10.1. The molecule has 0 N–H and O–H groups in total. The van der Waals surface area contributed by atoms with Crippen LogP contribution in [0.4, 0.5) is 0 Å². The average molecular weight is 254 g/mol. The van der Waals surface area contributed by atoms with Crippen LogP contribution in [0.1, 0.15) is 31.0 Å². The van der Waals surface area contributed by atoms with Gasteiger partial charge in [0.1, 0.15) is 6.10 Å². The first-order valence-electron chi connectivity index (χ1n) is 6.08. The lowest BCUT2D eigenvalue weighted by molar-refractivity contribution is 0.215. The zero-order valence-electron chi connectivity index (χ0n) is 10.8. The van der Waals surface area contributed by atoms with Gasteiger partial charge in [-0.15, -0.1) is 0 Å². The molecule has 0 spiro atoms. The summed E-state index contributed by atoms with van der Waals surface area (Å²) in [4.78, 5) is 0. The fourth-order valence-corrected chi connectivity index (χ4v) is 3.99. The quantitative estimate of drug-likeness (QED) is 0.714. The second-order valence-corrected chi connectivity index (χ2v) is 6.50. The van der Waals surface area contributed by atoms with Gasteiger partial charge in [0.25, 0.3) is 0 Å². The third-order valence-electron chi connectivity index (χ3n) is 3.36. The van der Waals surface area contributed by atoms with Gasteiger partial charge < -0.3 is 15.3 Å². The third-order valence-corrected chi connectivity index (χ3v) is 5.24. The molecular formula is C13H20NO2S-. The highest BCUT2D eigenvalue weighted by Crippen LogP contribution is 2.60. The summed E-state index contributed by atoms with van der Waals surface area (Å²) in [5.41, 5.74) is 2.60. The topological polar surface area (TPSA) is 35.5 Å². The highest BCUT2D eigenvalue weighted by Gasteiger charge is 2.44. The highest BCUT2D eigenvalue weighted by molar-refractivity contribution is 8.22. The van der Waals surface area contributed by atoms with Crippen molar-refractivity contribution in [2.75, 3.05) is 13.3 Å². The van der Waals surface area contributed by atoms with Gasteiger partial charge in [0.2, 0.25) is 0 Å². The Bertz CT molecular complexity index is 408. The molecule has 3 atom stereocenters. The molecule has 1 aromatic carbocycles. The second kappa shape index (κ2) is 4.61. The number of benzene rings is 1. The molecule has 0 radical (unpaired) electrons. The van der Waals surface area contributed by atoms with Crippen molar-refractivity contribution in [1.82, 2.24) is 4.31 Å². The monoisotopic (exact) mass is 254 g/mol. The number of nitrogens with zero attached hydrogens (tertiary/aromatic N) is 1. The van der Waals surface area contributed by atoms with Crippen molar-refractivity contribution < 1.29 is 8.74 Å². The molecule has 2 aliphatic rings. The van der Waals surface area contributed by atoms with Crippen molar-refractivity contribution in [1.29, 1.82) is 0 Å². The van der Waals surface area contributed by atoms with Crippen molar-refractivity contribution in [3.63, 3.8) is 0 Å². The lowest BCUT2D eigenvalue weighted by Crippen LogP contribution is -2.21. The van der Waals surface area contributed by atoms with Crippen LogP contribution in [-0.4, -0.2) is 28.3 Å². The Morgan fingerprint density at radius 3 is 2.71 bits per heavy atom. The van der Waals surface area contributed by atoms with Crippen LogP contribution in [0.15, 0.2) is 24.3 Å². The van der Waals surface area contributed by atoms with Crippen LogP contribution in [0, 0.1) is 0 Å². The first-order valence-corrected chi connectivity index (χ1v) is 7.92. The van der Waals surface area contributed by atoms with Gasteiger partial charge in [0.15, 0.2) is 0 Å². The van der Waals surface area contributed by atoms with Gasteiger partial charge in [-0.25, -0.2) is 4.31 Å². The predicted octanol–water partition coefficient (Wildman–Crippen LogP) is 3.04. The maximum absolute atomic E-state index is 12.0. The summed E-state index contributed by atoms with van der Waals surface area (Å²) >= 11 is 0. The van der Waals surface area contributed by atoms with Gasteiger partial charge in [-0.1, -0.05) is 38.1 Å². The summed E-state index contributed by atoms with van der Waals surface area (Å²) in [6.07, 6.45) is 2.63. The molecule has 0 amide bonds. The minimum Gasteiger partial charge on any atom is -0.755 e. The number of rotatable bonds is 0. The molecule has 4 heteroatoms. The Hall–Kier alpha value is -0.550. The standard InChI is InChI=1S/C11H15NO2S.C2H6/c1-12-11-9-6-4-3-5-8(9)7-10(11)14-15(12,2)13;1-2/h3-6,10-11,13H,7H2,1-2H3;1-2H3/p-1/t10-,11+;/m0./s1. The van der Waals surface area contributed by atoms with E-state index in [1.54, 1.807) is 6.26 Å². The maximum Gasteiger partial charge on any atom is 0.105 e. The highest BCUT2D eigenvalue weighted by atomic mass is 32.3. The van der Waals surface area contributed by atoms with E-state index in [0.29, 0.717) is 0 Å². The minimum atomic E-state index is -2.24. The molecule has 1 aliphatic heterocycles. The Morgan fingerprint density at radius 1 is 1.35 bits per heavy atom. The van der Waals surface area contributed by atoms with Gasteiger partial charge in [0, 0.05) is 19.7 Å². The van der Waals surface area contributed by atoms with Gasteiger partial charge in [-0.2, -0.15) is 0 Å². The zero-order chi connectivity index (χ0) is 12.6. The molecular weight excluding hydrogens is 234 g/mol. The molecule has 1 unspecified atom stereocenters. The van der Waals surface area contributed by atoms with E-state index in [-0.39, 0.29) is 12.1 Å². The van der Waals surface area contributed by atoms with E-state index >= 15 is 0 Å². The molecule has 96 valence electrons. The van der Waals surface area contributed by atoms with E-state index in [2.05, 4.69) is 12.1 Å². The smallest absolute Gasteiger partial charge is 0.105 e. The minimum absolute atomic E-state index is 0.0740. The molecule has 3 rings (SSSR count). The third kappa shape index (κ3) is 1.99. The van der Waals surface area contributed by atoms with E-state index in [1.165, 1.54) is 11.1 Å². The summed E-state index contributed by atoms with van der Waals surface area (Å²) in [6, 6.07) is 8.50. The second-order valence-electron chi connectivity index (χ2n) is 4.26. The van der Waals surface area contributed by atoms with E-state index < -0.39 is 10.8 Å². The van der Waals surface area contributed by atoms with E-state index in [0.717, 1.165) is 6.42 Å². The molecule has 1 saturated heterocycles. The first kappa shape index (κ1) is 12.9. The van der Waals surface area contributed by atoms with Gasteiger partial charge in [-0.3, -0.25) is 4.18 Å². The van der Waals surface area contributed by atoms with Crippen molar-refractivity contribution in [2.45, 2.75) is 32.4 Å². The number of fused-ring (bicyclic) bond motifs is 3. The summed E-state index contributed by atoms with van der Waals surface area (Å²) in [6.45, 7) is 4.00. The van der Waals surface area contributed by atoms with Gasteiger partial charge in [-0.05, 0) is 11.1 Å². The SMILES string of the molecule is CC.CN1[C@@H]2c3ccccc3C[C@@H]2OS1(C)[O-]. The van der Waals surface area contributed by atoms with Crippen LogP contribution >= 0.6 is 10.8 Å². The lowest BCUT2D eigenvalue weighted by Gasteiger charge is -2.49. The van der Waals surface area contributed by atoms with E-state index in [1.807, 2.05) is 37.3 Å². The Balaban J connectivity index is 0.000000514. The van der Waals surface area contributed by atoms with Crippen LogP contribution < -0.4 is 0 Å². The molecule has 0 aromatic heterocycles. The Kier molecular flexibility index (Phi) is 3.50. The first-order chi connectivity index (χ1) is 8.09. The summed E-state index contributed by atoms with van der Waals surface area (Å²) in [5, 5.41) is 0. The molecule has 3 nitrogen and oxygen atoms in total. The van der Waals surface area contributed by atoms with E-state index in [9.17, 15) is 4.55 Å². The van der Waals surface area contributed by atoms with Gasteiger partial charge >= 0.3 is 0 Å². The molecule has 1 heterocycles. The van der Waals surface area contributed by atoms with Crippen LogP contribution in [-0.2, 0) is 10.6 Å². The van der Waals surface area contributed by atoms with Gasteiger partial charge in [0.05, 0.1) is 6.04 Å². The van der Waals surface area contributed by atoms with Crippen LogP contribution in [0.2, 0.25) is 0 Å². The predicted molar refractivity (Wildman–Crippen MR) is 71.2 cm³/mol. The molecule has 0 saturated carbocycles. The summed E-state index contributed by atoms with van der Waals surface area (Å²) in [7, 11) is -0.360. The fourth-order valence-electron chi connectivity index (χ4n) is 2.56. The largest absolute Gasteiger partial charge is 0.755 e. The van der Waals surface area contributed by atoms with Crippen LogP contribution in [0.3, 0.4) is 0 Å². The van der Waals surface area contributed by atoms with Crippen molar-refractivity contribution >= 4 is 10.8 Å². The number of likely N-dealkylation sites (N-methyl/N-ethyl adjacent to an activating group) is 1. The fraction of sp³-hybridized carbons (Fsp3) is 0.538. The van der Waals surface area contributed by atoms with Crippen molar-refractivity contribution in [2.24, 2.45) is 0 Å². The van der Waals surface area contributed by atoms with E-state index in [4.69, 9.17) is 4.18 Å². The summed E-state index contributed by atoms with van der Waals surface area (Å²) in [5.74, 6) is 0. The van der Waals surface area contributed by atoms with Crippen LogP contribution in [0.25, 0.3) is 0 Å². The normalized spacial score (nSPS) is 38.6. The Labute approximate surface area is 105 Å². The Morgan fingerprint density at radius 2 is 2.00 bits per heavy atom. The van der Waals surface area contributed by atoms with Crippen molar-refractivity contribution in [3.8, 4) is 0 Å². The molecule has 1 fully saturated rings. The van der Waals surface area contributed by atoms with Crippen LogP contribution in [0.5, 0.6) is 0 Å². The average Bonchev–Trinajstić information content (AvgIpc) is 2.77.